The molecule has 0 radical (unpaired) electrons. The van der Waals surface area contributed by atoms with Crippen molar-refractivity contribution in [3.8, 4) is 5.75 Å². The van der Waals surface area contributed by atoms with Gasteiger partial charge in [-0.1, -0.05) is 12.1 Å². The summed E-state index contributed by atoms with van der Waals surface area (Å²) in [6.07, 6.45) is 7.65. The number of hydrogen-bond donors (Lipinski definition) is 1. The van der Waals surface area contributed by atoms with Gasteiger partial charge in [0.2, 0.25) is 0 Å². The van der Waals surface area contributed by atoms with Gasteiger partial charge in [-0.2, -0.15) is 0 Å². The molecule has 104 valence electrons. The molecule has 1 saturated carbocycles. The minimum Gasteiger partial charge on any atom is -0.487 e. The Hall–Kier alpha value is -1.81. The molecule has 1 heterocycles. The maximum absolute atomic E-state index is 9.91. The van der Waals surface area contributed by atoms with Crippen LogP contribution in [0.1, 0.15) is 48.2 Å². The smallest absolute Gasteiger partial charge is 0.130 e. The predicted octanol–water partition coefficient (Wildman–Crippen LogP) is 2.78. The van der Waals surface area contributed by atoms with E-state index in [1.165, 1.54) is 12.8 Å². The van der Waals surface area contributed by atoms with Crippen molar-refractivity contribution in [3.05, 3.63) is 47.5 Å². The van der Waals surface area contributed by atoms with Crippen molar-refractivity contribution in [1.82, 2.24) is 9.55 Å². The van der Waals surface area contributed by atoms with E-state index in [1.807, 2.05) is 30.7 Å². The number of ether oxygens (including phenoxy) is 1. The summed E-state index contributed by atoms with van der Waals surface area (Å²) in [5.41, 5.74) is 3.32. The normalized spacial score (nSPS) is 20.9. The van der Waals surface area contributed by atoms with Gasteiger partial charge in [0.1, 0.15) is 12.4 Å². The first-order valence-corrected chi connectivity index (χ1v) is 7.26. The summed E-state index contributed by atoms with van der Waals surface area (Å²) in [6.45, 7) is 0.545. The molecule has 0 aliphatic heterocycles. The zero-order chi connectivity index (χ0) is 13.5. The van der Waals surface area contributed by atoms with Gasteiger partial charge in [-0.15, -0.1) is 0 Å². The van der Waals surface area contributed by atoms with Crippen LogP contribution in [-0.2, 0) is 13.0 Å². The highest BCUT2D eigenvalue weighted by atomic mass is 16.5. The molecule has 1 N–H and O–H groups in total. The van der Waals surface area contributed by atoms with Crippen molar-refractivity contribution in [2.75, 3.05) is 0 Å². The second-order valence-electron chi connectivity index (χ2n) is 5.69. The molecular formula is C16H18N2O2. The number of imidazole rings is 1. The van der Waals surface area contributed by atoms with Crippen LogP contribution >= 0.6 is 0 Å². The maximum atomic E-state index is 9.91. The summed E-state index contributed by atoms with van der Waals surface area (Å²) >= 11 is 0. The lowest BCUT2D eigenvalue weighted by Crippen LogP contribution is -2.05. The van der Waals surface area contributed by atoms with E-state index >= 15 is 0 Å². The summed E-state index contributed by atoms with van der Waals surface area (Å²) in [6, 6.07) is 6.57. The van der Waals surface area contributed by atoms with Crippen molar-refractivity contribution < 1.29 is 9.84 Å². The van der Waals surface area contributed by atoms with E-state index in [1.54, 1.807) is 0 Å². The first-order chi connectivity index (χ1) is 9.83. The third-order valence-corrected chi connectivity index (χ3v) is 4.26. The topological polar surface area (TPSA) is 47.3 Å². The Morgan fingerprint density at radius 2 is 2.20 bits per heavy atom. The fourth-order valence-electron chi connectivity index (χ4n) is 3.01. The fourth-order valence-corrected chi connectivity index (χ4v) is 3.01. The van der Waals surface area contributed by atoms with Crippen molar-refractivity contribution in [2.24, 2.45) is 0 Å². The molecule has 2 aromatic rings. The van der Waals surface area contributed by atoms with Crippen LogP contribution in [0.3, 0.4) is 0 Å². The third-order valence-electron chi connectivity index (χ3n) is 4.26. The standard InChI is InChI=1S/C16H18N2O2/c19-15-7-6-14-13(15)2-1-3-16(14)20-9-12-8-17-10-18(12)11-4-5-11/h1-3,8,10-11,15,19H,4-7,9H2. The van der Waals surface area contributed by atoms with Gasteiger partial charge in [0, 0.05) is 11.6 Å². The van der Waals surface area contributed by atoms with E-state index in [2.05, 4.69) is 9.55 Å². The number of aromatic nitrogens is 2. The lowest BCUT2D eigenvalue weighted by Gasteiger charge is -2.12. The van der Waals surface area contributed by atoms with E-state index in [0.29, 0.717) is 12.6 Å². The number of fused-ring (bicyclic) bond motifs is 1. The van der Waals surface area contributed by atoms with Crippen LogP contribution in [0, 0.1) is 0 Å². The van der Waals surface area contributed by atoms with Crippen molar-refractivity contribution >= 4 is 0 Å². The molecular weight excluding hydrogens is 252 g/mol. The Morgan fingerprint density at radius 1 is 1.30 bits per heavy atom. The van der Waals surface area contributed by atoms with Gasteiger partial charge in [0.05, 0.1) is 24.3 Å². The van der Waals surface area contributed by atoms with Crippen LogP contribution in [0.25, 0.3) is 0 Å². The summed E-state index contributed by atoms with van der Waals surface area (Å²) in [7, 11) is 0. The SMILES string of the molecule is OC1CCc2c(OCc3cncn3C3CC3)cccc21. The average Bonchev–Trinajstić information content (AvgIpc) is 3.09. The molecule has 0 bridgehead atoms. The Balaban J connectivity index is 1.54. The highest BCUT2D eigenvalue weighted by Gasteiger charge is 2.26. The second kappa shape index (κ2) is 4.63. The van der Waals surface area contributed by atoms with Crippen LogP contribution in [0.15, 0.2) is 30.7 Å². The van der Waals surface area contributed by atoms with Gasteiger partial charge in [0.25, 0.3) is 0 Å². The highest BCUT2D eigenvalue weighted by molar-refractivity contribution is 5.44. The van der Waals surface area contributed by atoms with E-state index in [9.17, 15) is 5.11 Å². The van der Waals surface area contributed by atoms with Gasteiger partial charge >= 0.3 is 0 Å². The largest absolute Gasteiger partial charge is 0.487 e. The zero-order valence-electron chi connectivity index (χ0n) is 11.3. The highest BCUT2D eigenvalue weighted by Crippen LogP contribution is 2.38. The summed E-state index contributed by atoms with van der Waals surface area (Å²) in [5, 5.41) is 9.91. The maximum Gasteiger partial charge on any atom is 0.130 e. The van der Waals surface area contributed by atoms with E-state index in [4.69, 9.17) is 4.74 Å². The fraction of sp³-hybridized carbons (Fsp3) is 0.438. The van der Waals surface area contributed by atoms with Gasteiger partial charge in [-0.05, 0) is 37.3 Å². The van der Waals surface area contributed by atoms with Crippen LogP contribution in [0.2, 0.25) is 0 Å². The van der Waals surface area contributed by atoms with E-state index < -0.39 is 0 Å². The van der Waals surface area contributed by atoms with Crippen LogP contribution < -0.4 is 4.74 Å². The summed E-state index contributed by atoms with van der Waals surface area (Å²) in [4.78, 5) is 4.22. The predicted molar refractivity (Wildman–Crippen MR) is 74.6 cm³/mol. The van der Waals surface area contributed by atoms with Gasteiger partial charge in [-0.25, -0.2) is 4.98 Å². The first-order valence-electron chi connectivity index (χ1n) is 7.26. The number of benzene rings is 1. The van der Waals surface area contributed by atoms with Crippen LogP contribution in [0.4, 0.5) is 0 Å². The van der Waals surface area contributed by atoms with Crippen LogP contribution in [0.5, 0.6) is 5.75 Å². The Labute approximate surface area is 118 Å². The molecule has 0 saturated heterocycles. The Morgan fingerprint density at radius 3 is 3.05 bits per heavy atom. The molecule has 0 spiro atoms. The zero-order valence-corrected chi connectivity index (χ0v) is 11.3. The molecule has 1 aromatic heterocycles. The van der Waals surface area contributed by atoms with Gasteiger partial charge in [0.15, 0.2) is 0 Å². The summed E-state index contributed by atoms with van der Waals surface area (Å²) < 4.78 is 8.21. The average molecular weight is 270 g/mol. The van der Waals surface area contributed by atoms with E-state index in [-0.39, 0.29) is 6.10 Å². The number of nitrogens with zero attached hydrogens (tertiary/aromatic N) is 2. The molecule has 1 atom stereocenters. The molecule has 0 amide bonds. The lowest BCUT2D eigenvalue weighted by molar-refractivity contribution is 0.180. The van der Waals surface area contributed by atoms with Crippen molar-refractivity contribution in [2.45, 2.75) is 44.4 Å². The quantitative estimate of drug-likeness (QED) is 0.929. The Kier molecular flexibility index (Phi) is 2.77. The molecule has 4 nitrogen and oxygen atoms in total. The van der Waals surface area contributed by atoms with E-state index in [0.717, 1.165) is 35.4 Å². The molecule has 4 rings (SSSR count). The molecule has 1 fully saturated rings. The molecule has 4 heteroatoms. The Bertz CT molecular complexity index is 631. The summed E-state index contributed by atoms with van der Waals surface area (Å²) in [5.74, 6) is 0.905. The monoisotopic (exact) mass is 270 g/mol. The van der Waals surface area contributed by atoms with Crippen molar-refractivity contribution in [1.29, 1.82) is 0 Å². The minimum atomic E-state index is -0.328. The molecule has 20 heavy (non-hydrogen) atoms. The number of aliphatic hydroxyl groups is 1. The second-order valence-corrected chi connectivity index (χ2v) is 5.69. The van der Waals surface area contributed by atoms with Gasteiger partial charge in [-0.3, -0.25) is 0 Å². The van der Waals surface area contributed by atoms with Gasteiger partial charge < -0.3 is 14.4 Å². The molecule has 2 aliphatic carbocycles. The van der Waals surface area contributed by atoms with Crippen LogP contribution in [-0.4, -0.2) is 14.7 Å². The lowest BCUT2D eigenvalue weighted by atomic mass is 10.1. The third kappa shape index (κ3) is 2.00. The number of aliphatic hydroxyl groups excluding tert-OH is 1. The minimum absolute atomic E-state index is 0.328. The van der Waals surface area contributed by atoms with Crippen molar-refractivity contribution in [3.63, 3.8) is 0 Å². The molecule has 2 aliphatic rings. The molecule has 1 unspecified atom stereocenters. The first kappa shape index (κ1) is 12.0. The molecule has 1 aromatic carbocycles. The number of rotatable bonds is 4. The number of hydrogen-bond acceptors (Lipinski definition) is 3.